The highest BCUT2D eigenvalue weighted by atomic mass is 35.5. The first-order valence-corrected chi connectivity index (χ1v) is 9.10. The molecule has 0 bridgehead atoms. The number of hydrogen-bond acceptors (Lipinski definition) is 6. The molecule has 1 fully saturated rings. The van der Waals surface area contributed by atoms with Gasteiger partial charge in [0.05, 0.1) is 19.1 Å². The number of amides is 1. The summed E-state index contributed by atoms with van der Waals surface area (Å²) in [6, 6.07) is 13.0. The van der Waals surface area contributed by atoms with Crippen LogP contribution in [0.4, 0.5) is 0 Å². The van der Waals surface area contributed by atoms with E-state index in [1.165, 1.54) is 11.8 Å². The molecule has 0 radical (unpaired) electrons. The lowest BCUT2D eigenvalue weighted by Gasteiger charge is -2.13. The topological polar surface area (TPSA) is 72.3 Å². The van der Waals surface area contributed by atoms with Crippen LogP contribution in [-0.4, -0.2) is 30.2 Å². The summed E-state index contributed by atoms with van der Waals surface area (Å²) in [6.45, 7) is 0.293. The fraction of sp³-hybridized carbons (Fsp3) is 0.167. The zero-order chi connectivity index (χ0) is 18.4. The Balaban J connectivity index is 1.79. The third-order valence-corrected chi connectivity index (χ3v) is 4.72. The van der Waals surface area contributed by atoms with Crippen molar-refractivity contribution < 1.29 is 14.3 Å². The lowest BCUT2D eigenvalue weighted by molar-refractivity contribution is -0.116. The molecule has 2 aromatic rings. The molecule has 26 heavy (non-hydrogen) atoms. The van der Waals surface area contributed by atoms with Crippen molar-refractivity contribution >= 4 is 40.7 Å². The van der Waals surface area contributed by atoms with E-state index in [1.54, 1.807) is 19.4 Å². The second-order valence-electron chi connectivity index (χ2n) is 5.25. The zero-order valence-electron chi connectivity index (χ0n) is 13.9. The molecule has 134 valence electrons. The molecule has 8 heteroatoms. The number of methoxy groups -OCH3 is 1. The SMILES string of the molecule is COc1cccc(/C=N/N=C2NC(=O)CS2)c1OCc1ccccc1Cl. The standard InChI is InChI=1S/C18H16ClN3O3S/c1-24-15-8-4-6-12(9-20-22-18-21-16(23)11-26-18)17(15)25-10-13-5-2-3-7-14(13)19/h2-9H,10-11H2,1H3,(H,21,22,23)/b20-9+. The van der Waals surface area contributed by atoms with Crippen molar-refractivity contribution in [3.63, 3.8) is 0 Å². The van der Waals surface area contributed by atoms with Crippen LogP contribution in [0.2, 0.25) is 5.02 Å². The number of benzene rings is 2. The molecule has 6 nitrogen and oxygen atoms in total. The monoisotopic (exact) mass is 389 g/mol. The average molecular weight is 390 g/mol. The highest BCUT2D eigenvalue weighted by molar-refractivity contribution is 8.15. The number of thioether (sulfide) groups is 1. The second kappa shape index (κ2) is 8.73. The van der Waals surface area contributed by atoms with Gasteiger partial charge in [-0.2, -0.15) is 5.10 Å². The van der Waals surface area contributed by atoms with Gasteiger partial charge < -0.3 is 14.8 Å². The van der Waals surface area contributed by atoms with E-state index in [9.17, 15) is 4.79 Å². The number of hydrogen-bond donors (Lipinski definition) is 1. The second-order valence-corrected chi connectivity index (χ2v) is 6.62. The van der Waals surface area contributed by atoms with Crippen LogP contribution in [0, 0.1) is 0 Å². The Bertz CT molecular complexity index is 871. The average Bonchev–Trinajstić information content (AvgIpc) is 3.06. The van der Waals surface area contributed by atoms with Crippen molar-refractivity contribution in [2.75, 3.05) is 12.9 Å². The molecule has 0 aromatic heterocycles. The lowest BCUT2D eigenvalue weighted by atomic mass is 10.2. The highest BCUT2D eigenvalue weighted by Gasteiger charge is 2.16. The lowest BCUT2D eigenvalue weighted by Crippen LogP contribution is -2.19. The van der Waals surface area contributed by atoms with E-state index in [0.717, 1.165) is 5.56 Å². The van der Waals surface area contributed by atoms with Gasteiger partial charge in [0.25, 0.3) is 0 Å². The molecular formula is C18H16ClN3O3S. The first-order valence-electron chi connectivity index (χ1n) is 7.74. The number of carbonyl (C=O) groups is 1. The summed E-state index contributed by atoms with van der Waals surface area (Å²) in [7, 11) is 1.57. The van der Waals surface area contributed by atoms with Gasteiger partial charge in [-0.3, -0.25) is 4.79 Å². The summed E-state index contributed by atoms with van der Waals surface area (Å²) in [5.41, 5.74) is 1.57. The molecule has 3 rings (SSSR count). The number of nitrogens with zero attached hydrogens (tertiary/aromatic N) is 2. The van der Waals surface area contributed by atoms with Gasteiger partial charge in [-0.15, -0.1) is 5.10 Å². The van der Waals surface area contributed by atoms with Crippen molar-refractivity contribution in [1.29, 1.82) is 0 Å². The number of halogens is 1. The fourth-order valence-electron chi connectivity index (χ4n) is 2.24. The number of amidine groups is 1. The Morgan fingerprint density at radius 1 is 1.27 bits per heavy atom. The summed E-state index contributed by atoms with van der Waals surface area (Å²) < 4.78 is 11.3. The normalized spacial score (nSPS) is 15.5. The van der Waals surface area contributed by atoms with Crippen LogP contribution in [-0.2, 0) is 11.4 Å². The summed E-state index contributed by atoms with van der Waals surface area (Å²) in [6.07, 6.45) is 1.56. The largest absolute Gasteiger partial charge is 0.493 e. The third-order valence-electron chi connectivity index (χ3n) is 3.49. The minimum absolute atomic E-state index is 0.0749. The van der Waals surface area contributed by atoms with Crippen molar-refractivity contribution in [2.24, 2.45) is 10.2 Å². The first kappa shape index (κ1) is 18.3. The Morgan fingerprint density at radius 3 is 2.85 bits per heavy atom. The Labute approximate surface area is 160 Å². The van der Waals surface area contributed by atoms with Crippen molar-refractivity contribution in [3.8, 4) is 11.5 Å². The number of ether oxygens (including phenoxy) is 2. The van der Waals surface area contributed by atoms with Gasteiger partial charge in [-0.05, 0) is 18.2 Å². The maximum absolute atomic E-state index is 11.2. The van der Waals surface area contributed by atoms with E-state index >= 15 is 0 Å². The van der Waals surface area contributed by atoms with E-state index in [0.29, 0.717) is 39.6 Å². The van der Waals surface area contributed by atoms with E-state index in [4.69, 9.17) is 21.1 Å². The molecule has 0 atom stereocenters. The minimum Gasteiger partial charge on any atom is -0.493 e. The van der Waals surface area contributed by atoms with Crippen LogP contribution in [0.15, 0.2) is 52.7 Å². The summed E-state index contributed by atoms with van der Waals surface area (Å²) in [5, 5.41) is 11.8. The van der Waals surface area contributed by atoms with Gasteiger partial charge >= 0.3 is 0 Å². The number of nitrogens with one attached hydrogen (secondary N) is 1. The first-order chi connectivity index (χ1) is 12.7. The minimum atomic E-state index is -0.0749. The quantitative estimate of drug-likeness (QED) is 0.606. The molecule has 1 aliphatic heterocycles. The van der Waals surface area contributed by atoms with Gasteiger partial charge in [-0.1, -0.05) is 47.6 Å². The van der Waals surface area contributed by atoms with Crippen molar-refractivity contribution in [1.82, 2.24) is 5.32 Å². The highest BCUT2D eigenvalue weighted by Crippen LogP contribution is 2.31. The van der Waals surface area contributed by atoms with E-state index in [-0.39, 0.29) is 5.91 Å². The number of rotatable bonds is 6. The van der Waals surface area contributed by atoms with Gasteiger partial charge in [0.2, 0.25) is 5.91 Å². The maximum atomic E-state index is 11.2. The molecule has 1 saturated heterocycles. The van der Waals surface area contributed by atoms with Gasteiger partial charge in [-0.25, -0.2) is 0 Å². The molecule has 1 amide bonds. The maximum Gasteiger partial charge on any atom is 0.236 e. The van der Waals surface area contributed by atoms with Gasteiger partial charge in [0.1, 0.15) is 6.61 Å². The predicted molar refractivity (Wildman–Crippen MR) is 104 cm³/mol. The van der Waals surface area contributed by atoms with Crippen LogP contribution in [0.3, 0.4) is 0 Å². The number of carbonyl (C=O) groups excluding carboxylic acids is 1. The smallest absolute Gasteiger partial charge is 0.236 e. The van der Waals surface area contributed by atoms with Crippen molar-refractivity contribution in [3.05, 3.63) is 58.6 Å². The van der Waals surface area contributed by atoms with Gasteiger partial charge in [0, 0.05) is 16.1 Å². The molecule has 2 aromatic carbocycles. The number of para-hydroxylation sites is 1. The Morgan fingerprint density at radius 2 is 2.12 bits per heavy atom. The third kappa shape index (κ3) is 4.56. The van der Waals surface area contributed by atoms with E-state index in [1.807, 2.05) is 36.4 Å². The van der Waals surface area contributed by atoms with E-state index < -0.39 is 0 Å². The predicted octanol–water partition coefficient (Wildman–Crippen LogP) is 3.48. The van der Waals surface area contributed by atoms with Crippen molar-refractivity contribution in [2.45, 2.75) is 6.61 Å². The summed E-state index contributed by atoms with van der Waals surface area (Å²) in [4.78, 5) is 11.2. The molecular weight excluding hydrogens is 374 g/mol. The molecule has 1 heterocycles. The molecule has 0 unspecified atom stereocenters. The van der Waals surface area contributed by atoms with Gasteiger partial charge in [0.15, 0.2) is 16.7 Å². The van der Waals surface area contributed by atoms with Crippen LogP contribution < -0.4 is 14.8 Å². The van der Waals surface area contributed by atoms with Crippen LogP contribution in [0.1, 0.15) is 11.1 Å². The Hall–Kier alpha value is -2.51. The van der Waals surface area contributed by atoms with Crippen LogP contribution >= 0.6 is 23.4 Å². The Kier molecular flexibility index (Phi) is 6.14. The molecule has 1 N–H and O–H groups in total. The van der Waals surface area contributed by atoms with E-state index in [2.05, 4.69) is 15.5 Å². The summed E-state index contributed by atoms with van der Waals surface area (Å²) >= 11 is 7.49. The molecule has 0 aliphatic carbocycles. The van der Waals surface area contributed by atoms with Crippen LogP contribution in [0.5, 0.6) is 11.5 Å². The molecule has 0 spiro atoms. The van der Waals surface area contributed by atoms with Crippen LogP contribution in [0.25, 0.3) is 0 Å². The zero-order valence-corrected chi connectivity index (χ0v) is 15.5. The molecule has 1 aliphatic rings. The summed E-state index contributed by atoms with van der Waals surface area (Å²) in [5.74, 6) is 1.41. The molecule has 0 saturated carbocycles. The fourth-order valence-corrected chi connectivity index (χ4v) is 3.06.